The second-order valence-corrected chi connectivity index (χ2v) is 5.72. The van der Waals surface area contributed by atoms with Crippen LogP contribution in [0.3, 0.4) is 0 Å². The van der Waals surface area contributed by atoms with Crippen LogP contribution in [0.2, 0.25) is 0 Å². The van der Waals surface area contributed by atoms with E-state index in [1.54, 1.807) is 13.0 Å². The van der Waals surface area contributed by atoms with Crippen LogP contribution in [-0.2, 0) is 4.79 Å². The van der Waals surface area contributed by atoms with Gasteiger partial charge in [0.25, 0.3) is 5.91 Å². The number of carbonyl (C=O) groups is 1. The molecule has 1 amide bonds. The van der Waals surface area contributed by atoms with Gasteiger partial charge in [-0.05, 0) is 64.4 Å². The highest BCUT2D eigenvalue weighted by Gasteiger charge is 2.04. The van der Waals surface area contributed by atoms with Gasteiger partial charge in [0.2, 0.25) is 0 Å². The Morgan fingerprint density at radius 2 is 1.95 bits per heavy atom. The molecular formula is C17H26N2OS. The molecule has 0 atom stereocenters. The van der Waals surface area contributed by atoms with E-state index >= 15 is 0 Å². The van der Waals surface area contributed by atoms with E-state index in [1.165, 1.54) is 32.4 Å². The molecule has 4 heteroatoms. The number of carbonyl (C=O) groups excluding carboxylic acids is 1. The fourth-order valence-electron chi connectivity index (χ4n) is 1.85. The lowest BCUT2D eigenvalue weighted by molar-refractivity contribution is -0.112. The molecule has 0 unspecified atom stereocenters. The molecule has 2 rings (SSSR count). The molecule has 116 valence electrons. The Morgan fingerprint density at radius 3 is 2.38 bits per heavy atom. The average Bonchev–Trinajstić information content (AvgIpc) is 2.52. The third-order valence-electron chi connectivity index (χ3n) is 3.47. The molecule has 0 spiro atoms. The van der Waals surface area contributed by atoms with Crippen molar-refractivity contribution in [3.63, 3.8) is 0 Å². The van der Waals surface area contributed by atoms with Gasteiger partial charge in [-0.3, -0.25) is 4.79 Å². The number of anilines is 1. The van der Waals surface area contributed by atoms with Crippen LogP contribution in [-0.4, -0.2) is 19.0 Å². The minimum atomic E-state index is -0.0749. The first kappa shape index (κ1) is 17.8. The molecule has 0 aromatic heterocycles. The van der Waals surface area contributed by atoms with Crippen LogP contribution in [0.5, 0.6) is 0 Å². The summed E-state index contributed by atoms with van der Waals surface area (Å²) in [4.78, 5) is 12.4. The van der Waals surface area contributed by atoms with Crippen molar-refractivity contribution in [3.8, 4) is 0 Å². The number of piperidine rings is 1. The normalized spacial score (nSPS) is 15.0. The molecule has 0 saturated carbocycles. The van der Waals surface area contributed by atoms with Crippen LogP contribution in [0.15, 0.2) is 34.7 Å². The minimum absolute atomic E-state index is 0.0749. The topological polar surface area (TPSA) is 41.1 Å². The van der Waals surface area contributed by atoms with Crippen molar-refractivity contribution in [1.82, 2.24) is 5.32 Å². The van der Waals surface area contributed by atoms with E-state index in [2.05, 4.69) is 23.3 Å². The summed E-state index contributed by atoms with van der Waals surface area (Å²) < 4.78 is 0. The summed E-state index contributed by atoms with van der Waals surface area (Å²) in [6.07, 6.45) is 6.00. The fourth-order valence-corrected chi connectivity index (χ4v) is 2.06. The van der Waals surface area contributed by atoms with Gasteiger partial charge in [0.1, 0.15) is 0 Å². The van der Waals surface area contributed by atoms with Gasteiger partial charge in [-0.2, -0.15) is 0 Å². The van der Waals surface area contributed by atoms with E-state index < -0.39 is 0 Å². The highest BCUT2D eigenvalue weighted by Crippen LogP contribution is 2.18. The first-order chi connectivity index (χ1) is 10.0. The summed E-state index contributed by atoms with van der Waals surface area (Å²) in [5.74, 6) is -0.0749. The summed E-state index contributed by atoms with van der Waals surface area (Å²) in [6.45, 7) is 8.10. The van der Waals surface area contributed by atoms with Gasteiger partial charge < -0.3 is 10.6 Å². The number of nitrogens with one attached hydrogen (secondary N) is 2. The van der Waals surface area contributed by atoms with Crippen LogP contribution in [0.25, 0.3) is 0 Å². The first-order valence-corrected chi connectivity index (χ1v) is 7.94. The lowest BCUT2D eigenvalue weighted by Gasteiger charge is -2.08. The van der Waals surface area contributed by atoms with Crippen molar-refractivity contribution in [2.45, 2.75) is 44.9 Å². The molecule has 21 heavy (non-hydrogen) atoms. The van der Waals surface area contributed by atoms with Crippen LogP contribution in [0, 0.1) is 6.92 Å². The molecule has 1 aliphatic heterocycles. The van der Waals surface area contributed by atoms with E-state index in [9.17, 15) is 4.79 Å². The number of amides is 1. The molecule has 0 radical (unpaired) electrons. The number of thiol groups is 1. The zero-order valence-electron chi connectivity index (χ0n) is 13.2. The molecule has 0 bridgehead atoms. The van der Waals surface area contributed by atoms with Gasteiger partial charge in [0.15, 0.2) is 0 Å². The van der Waals surface area contributed by atoms with Gasteiger partial charge in [-0.25, -0.2) is 0 Å². The van der Waals surface area contributed by atoms with Crippen LogP contribution in [0.4, 0.5) is 5.69 Å². The summed E-state index contributed by atoms with van der Waals surface area (Å²) in [5.41, 5.74) is 2.58. The number of allylic oxidation sites excluding steroid dienone is 1. The van der Waals surface area contributed by atoms with E-state index in [-0.39, 0.29) is 5.91 Å². The van der Waals surface area contributed by atoms with Crippen molar-refractivity contribution < 1.29 is 4.79 Å². The second kappa shape index (κ2) is 9.64. The molecule has 2 N–H and O–H groups in total. The fraction of sp³-hybridized carbons (Fsp3) is 0.471. The Balaban J connectivity index is 0.000000304. The Kier molecular flexibility index (Phi) is 8.16. The highest BCUT2D eigenvalue weighted by molar-refractivity contribution is 7.80. The molecule has 1 aliphatic rings. The molecule has 1 fully saturated rings. The minimum Gasteiger partial charge on any atom is -0.322 e. The Morgan fingerprint density at radius 1 is 1.29 bits per heavy atom. The first-order valence-electron chi connectivity index (χ1n) is 7.49. The number of rotatable bonds is 2. The second-order valence-electron chi connectivity index (χ2n) is 5.24. The van der Waals surface area contributed by atoms with Crippen molar-refractivity contribution in [3.05, 3.63) is 35.4 Å². The SMILES string of the molecule is C/C=C(\C)C(=O)Nc1ccc(C)c(S)c1.C1CCNCC1. The summed E-state index contributed by atoms with van der Waals surface area (Å²) in [7, 11) is 0. The number of aryl methyl sites for hydroxylation is 1. The van der Waals surface area contributed by atoms with E-state index in [1.807, 2.05) is 32.0 Å². The highest BCUT2D eigenvalue weighted by atomic mass is 32.1. The molecule has 3 nitrogen and oxygen atoms in total. The maximum atomic E-state index is 11.5. The molecule has 1 heterocycles. The van der Waals surface area contributed by atoms with Gasteiger partial charge in [-0.1, -0.05) is 18.6 Å². The van der Waals surface area contributed by atoms with E-state index in [4.69, 9.17) is 0 Å². The van der Waals surface area contributed by atoms with Crippen molar-refractivity contribution in [2.24, 2.45) is 0 Å². The lowest BCUT2D eigenvalue weighted by Crippen LogP contribution is -2.21. The van der Waals surface area contributed by atoms with Crippen molar-refractivity contribution >= 4 is 24.2 Å². The summed E-state index contributed by atoms with van der Waals surface area (Å²) in [5, 5.41) is 6.09. The number of benzene rings is 1. The van der Waals surface area contributed by atoms with Crippen LogP contribution >= 0.6 is 12.6 Å². The Hall–Kier alpha value is -1.26. The molecular weight excluding hydrogens is 280 g/mol. The molecule has 0 aliphatic carbocycles. The monoisotopic (exact) mass is 306 g/mol. The third kappa shape index (κ3) is 6.82. The molecule has 1 aromatic carbocycles. The van der Waals surface area contributed by atoms with Crippen molar-refractivity contribution in [1.29, 1.82) is 0 Å². The smallest absolute Gasteiger partial charge is 0.250 e. The largest absolute Gasteiger partial charge is 0.322 e. The van der Waals surface area contributed by atoms with Crippen LogP contribution in [0.1, 0.15) is 38.7 Å². The summed E-state index contributed by atoms with van der Waals surface area (Å²) in [6, 6.07) is 5.65. The zero-order chi connectivity index (χ0) is 15.7. The van der Waals surface area contributed by atoms with E-state index in [0.717, 1.165) is 16.1 Å². The maximum Gasteiger partial charge on any atom is 0.250 e. The number of hydrogen-bond acceptors (Lipinski definition) is 3. The number of hydrogen-bond donors (Lipinski definition) is 3. The van der Waals surface area contributed by atoms with Gasteiger partial charge in [-0.15, -0.1) is 12.6 Å². The lowest BCUT2D eigenvalue weighted by atomic mass is 10.2. The van der Waals surface area contributed by atoms with E-state index in [0.29, 0.717) is 5.57 Å². The predicted molar refractivity (Wildman–Crippen MR) is 93.2 cm³/mol. The predicted octanol–water partition coefficient (Wildman–Crippen LogP) is 3.95. The zero-order valence-corrected chi connectivity index (χ0v) is 14.1. The molecule has 1 aromatic rings. The average molecular weight is 306 g/mol. The van der Waals surface area contributed by atoms with Gasteiger partial charge in [0, 0.05) is 16.2 Å². The maximum absolute atomic E-state index is 11.5. The quantitative estimate of drug-likeness (QED) is 0.572. The van der Waals surface area contributed by atoms with Gasteiger partial charge >= 0.3 is 0 Å². The Bertz CT molecular complexity index is 482. The Labute approximate surface area is 133 Å². The van der Waals surface area contributed by atoms with Crippen LogP contribution < -0.4 is 10.6 Å². The standard InChI is InChI=1S/C12H15NOS.C5H11N/c1-4-8(2)12(14)13-10-6-5-9(3)11(15)7-10;1-2-4-6-5-3-1/h4-7,15H,1-3H3,(H,13,14);6H,1-5H2/b8-4+;. The molecule has 1 saturated heterocycles. The third-order valence-corrected chi connectivity index (χ3v) is 3.95. The van der Waals surface area contributed by atoms with Gasteiger partial charge in [0.05, 0.1) is 0 Å². The summed E-state index contributed by atoms with van der Waals surface area (Å²) >= 11 is 4.30. The van der Waals surface area contributed by atoms with Crippen molar-refractivity contribution in [2.75, 3.05) is 18.4 Å².